The summed E-state index contributed by atoms with van der Waals surface area (Å²) in [4.78, 5) is 50.9. The summed E-state index contributed by atoms with van der Waals surface area (Å²) in [6.07, 6.45) is 42.7. The topological polar surface area (TPSA) is 175 Å². The van der Waals surface area contributed by atoms with E-state index in [-0.39, 0.29) is 25.9 Å². The first-order valence-electron chi connectivity index (χ1n) is 29.0. The van der Waals surface area contributed by atoms with Crippen LogP contribution in [0.5, 0.6) is 0 Å². The van der Waals surface area contributed by atoms with Crippen molar-refractivity contribution < 1.29 is 58.2 Å². The summed E-state index contributed by atoms with van der Waals surface area (Å²) >= 11 is 0. The van der Waals surface area contributed by atoms with E-state index in [1.165, 1.54) is 116 Å². The lowest BCUT2D eigenvalue weighted by atomic mass is 9.98. The first-order valence-corrected chi connectivity index (χ1v) is 29.0. The van der Waals surface area contributed by atoms with Crippen molar-refractivity contribution >= 4 is 23.9 Å². The molecule has 1 aliphatic rings. The second kappa shape index (κ2) is 47.9. The Morgan fingerprint density at radius 1 is 0.479 bits per heavy atom. The smallest absolute Gasteiger partial charge is 0.335 e. The zero-order valence-corrected chi connectivity index (χ0v) is 45.2. The van der Waals surface area contributed by atoms with Crippen molar-refractivity contribution in [2.24, 2.45) is 0 Å². The normalized spacial score (nSPS) is 18.7. The Balaban J connectivity index is 2.65. The maximum atomic E-state index is 13.1. The standard InChI is InChI=1S/C59H104O12/c1-4-7-10-13-16-19-21-23-25-26-28-29-31-34-36-39-42-45-51(60)67-48-50(69-52(61)46-43-40-37-33-18-15-12-9-6-3)49-68-59-57(55(64)54(63)56(71-59)58(65)66)70-53(62)47-44-41-38-35-32-30-27-24-22-20-17-14-11-8-5-2/h8,11,17,20,24,27,50,54-57,59,63-64H,4-7,9-10,12-16,18-19,21-23,25-26,28-49H2,1-3H3,(H,65,66)/b11-8-,20-17-,27-24-. The van der Waals surface area contributed by atoms with Crippen LogP contribution in [0.3, 0.4) is 0 Å². The van der Waals surface area contributed by atoms with E-state index in [4.69, 9.17) is 23.7 Å². The van der Waals surface area contributed by atoms with Crippen LogP contribution in [0, 0.1) is 0 Å². The molecule has 0 aliphatic carbocycles. The molecule has 0 spiro atoms. The molecule has 1 rings (SSSR count). The Bertz CT molecular complexity index is 1380. The van der Waals surface area contributed by atoms with Gasteiger partial charge in [-0.05, 0) is 51.4 Å². The third kappa shape index (κ3) is 38.2. The van der Waals surface area contributed by atoms with Crippen LogP contribution < -0.4 is 0 Å². The molecule has 0 aromatic rings. The molecule has 0 radical (unpaired) electrons. The lowest BCUT2D eigenvalue weighted by Gasteiger charge is -2.40. The number of carboxylic acid groups (broad SMARTS) is 1. The maximum absolute atomic E-state index is 13.1. The molecule has 1 fully saturated rings. The summed E-state index contributed by atoms with van der Waals surface area (Å²) in [6, 6.07) is 0. The average Bonchev–Trinajstić information content (AvgIpc) is 3.35. The lowest BCUT2D eigenvalue weighted by molar-refractivity contribution is -0.301. The first-order chi connectivity index (χ1) is 34.6. The molecule has 0 bridgehead atoms. The molecule has 3 N–H and O–H groups in total. The molecule has 0 aromatic heterocycles. The minimum absolute atomic E-state index is 0.0442. The Hall–Kier alpha value is -3.06. The van der Waals surface area contributed by atoms with Gasteiger partial charge in [-0.15, -0.1) is 0 Å². The van der Waals surface area contributed by atoms with E-state index < -0.39 is 67.3 Å². The third-order valence-corrected chi connectivity index (χ3v) is 13.2. The number of hydrogen-bond donors (Lipinski definition) is 3. The highest BCUT2D eigenvalue weighted by Crippen LogP contribution is 2.26. The number of carbonyl (C=O) groups excluding carboxylic acids is 3. The van der Waals surface area contributed by atoms with Gasteiger partial charge >= 0.3 is 23.9 Å². The Morgan fingerprint density at radius 3 is 1.35 bits per heavy atom. The first kappa shape index (κ1) is 66.0. The van der Waals surface area contributed by atoms with Crippen molar-refractivity contribution in [2.75, 3.05) is 13.2 Å². The van der Waals surface area contributed by atoms with E-state index in [9.17, 15) is 34.5 Å². The van der Waals surface area contributed by atoms with Crippen LogP contribution in [0.15, 0.2) is 36.5 Å². The van der Waals surface area contributed by atoms with E-state index in [2.05, 4.69) is 57.2 Å². The van der Waals surface area contributed by atoms with E-state index >= 15 is 0 Å². The Morgan fingerprint density at radius 2 is 0.887 bits per heavy atom. The van der Waals surface area contributed by atoms with Crippen molar-refractivity contribution in [3.63, 3.8) is 0 Å². The number of ether oxygens (including phenoxy) is 5. The van der Waals surface area contributed by atoms with Crippen molar-refractivity contribution in [1.82, 2.24) is 0 Å². The van der Waals surface area contributed by atoms with E-state index in [1.54, 1.807) is 0 Å². The Kier molecular flexibility index (Phi) is 44.5. The minimum atomic E-state index is -1.90. The van der Waals surface area contributed by atoms with Crippen LogP contribution >= 0.6 is 0 Å². The zero-order valence-electron chi connectivity index (χ0n) is 45.2. The fraction of sp³-hybridized carbons (Fsp3) is 0.831. The fourth-order valence-corrected chi connectivity index (χ4v) is 8.80. The molecular formula is C59H104O12. The zero-order chi connectivity index (χ0) is 51.8. The fourth-order valence-electron chi connectivity index (χ4n) is 8.80. The van der Waals surface area contributed by atoms with Crippen LogP contribution in [-0.4, -0.2) is 89.2 Å². The molecule has 412 valence electrons. The highest BCUT2D eigenvalue weighted by atomic mass is 16.7. The number of allylic oxidation sites excluding steroid dienone is 6. The van der Waals surface area contributed by atoms with E-state index in [0.717, 1.165) is 89.9 Å². The van der Waals surface area contributed by atoms with Gasteiger partial charge in [0.1, 0.15) is 18.8 Å². The number of rotatable bonds is 49. The van der Waals surface area contributed by atoms with Gasteiger partial charge in [0, 0.05) is 19.3 Å². The van der Waals surface area contributed by atoms with Gasteiger partial charge in [0.25, 0.3) is 0 Å². The van der Waals surface area contributed by atoms with Crippen LogP contribution in [0.1, 0.15) is 265 Å². The lowest BCUT2D eigenvalue weighted by Crippen LogP contribution is -2.61. The van der Waals surface area contributed by atoms with Crippen molar-refractivity contribution in [3.8, 4) is 0 Å². The van der Waals surface area contributed by atoms with Crippen LogP contribution in [0.25, 0.3) is 0 Å². The summed E-state index contributed by atoms with van der Waals surface area (Å²) in [6.45, 7) is 5.86. The van der Waals surface area contributed by atoms with Gasteiger partial charge < -0.3 is 39.0 Å². The second-order valence-electron chi connectivity index (χ2n) is 19.9. The maximum Gasteiger partial charge on any atom is 0.335 e. The molecule has 12 nitrogen and oxygen atoms in total. The monoisotopic (exact) mass is 1000 g/mol. The second-order valence-corrected chi connectivity index (χ2v) is 19.9. The number of carbonyl (C=O) groups is 4. The number of aliphatic carboxylic acids is 1. The molecule has 0 amide bonds. The van der Waals surface area contributed by atoms with Gasteiger partial charge in [-0.2, -0.15) is 0 Å². The number of aliphatic hydroxyl groups is 2. The molecule has 12 heteroatoms. The third-order valence-electron chi connectivity index (χ3n) is 13.2. The summed E-state index contributed by atoms with van der Waals surface area (Å²) in [5, 5.41) is 31.4. The molecule has 1 heterocycles. The summed E-state index contributed by atoms with van der Waals surface area (Å²) < 4.78 is 28.3. The molecule has 0 saturated carbocycles. The molecule has 71 heavy (non-hydrogen) atoms. The molecular weight excluding hydrogens is 901 g/mol. The van der Waals surface area contributed by atoms with Gasteiger partial charge in [-0.25, -0.2) is 4.79 Å². The predicted molar refractivity (Wildman–Crippen MR) is 285 cm³/mol. The molecule has 6 unspecified atom stereocenters. The van der Waals surface area contributed by atoms with Crippen molar-refractivity contribution in [1.29, 1.82) is 0 Å². The predicted octanol–water partition coefficient (Wildman–Crippen LogP) is 14.5. The quantitative estimate of drug-likeness (QED) is 0.0228. The van der Waals surface area contributed by atoms with Gasteiger partial charge in [0.05, 0.1) is 6.61 Å². The van der Waals surface area contributed by atoms with Gasteiger partial charge in [-0.3, -0.25) is 14.4 Å². The number of hydrogen-bond acceptors (Lipinski definition) is 11. The molecule has 0 aromatic carbocycles. The number of esters is 3. The van der Waals surface area contributed by atoms with Crippen LogP contribution in [-0.2, 0) is 42.9 Å². The summed E-state index contributed by atoms with van der Waals surface area (Å²) in [7, 11) is 0. The highest BCUT2D eigenvalue weighted by Gasteiger charge is 2.50. The Labute approximate surface area is 431 Å². The average molecular weight is 1010 g/mol. The van der Waals surface area contributed by atoms with E-state index in [0.29, 0.717) is 19.3 Å². The largest absolute Gasteiger partial charge is 0.479 e. The van der Waals surface area contributed by atoms with Gasteiger partial charge in [0.2, 0.25) is 0 Å². The minimum Gasteiger partial charge on any atom is -0.479 e. The molecule has 6 atom stereocenters. The van der Waals surface area contributed by atoms with Gasteiger partial charge in [-0.1, -0.05) is 231 Å². The van der Waals surface area contributed by atoms with Crippen molar-refractivity contribution in [3.05, 3.63) is 36.5 Å². The van der Waals surface area contributed by atoms with E-state index in [1.807, 2.05) is 0 Å². The van der Waals surface area contributed by atoms with Crippen LogP contribution in [0.2, 0.25) is 0 Å². The number of aliphatic hydroxyl groups excluding tert-OH is 2. The number of unbranched alkanes of at least 4 members (excludes halogenated alkanes) is 29. The SMILES string of the molecule is CC/C=C\C/C=C\C/C=C\CCCCCCCC(=O)OC1C(OCC(COC(=O)CCCCCCCCCCCCCCCCCCC)OC(=O)CCCCCCCCCCC)OC(C(=O)O)C(O)C1O. The summed E-state index contributed by atoms with van der Waals surface area (Å²) in [5.74, 6) is -3.12. The number of carboxylic acids is 1. The molecule has 1 aliphatic heterocycles. The van der Waals surface area contributed by atoms with Crippen molar-refractivity contribution in [2.45, 2.75) is 302 Å². The van der Waals surface area contributed by atoms with Crippen LogP contribution in [0.4, 0.5) is 0 Å². The highest BCUT2D eigenvalue weighted by molar-refractivity contribution is 5.74. The molecule has 1 saturated heterocycles. The van der Waals surface area contributed by atoms with Gasteiger partial charge in [0.15, 0.2) is 24.6 Å². The summed E-state index contributed by atoms with van der Waals surface area (Å²) in [5.41, 5.74) is 0.